The van der Waals surface area contributed by atoms with Crippen molar-refractivity contribution < 1.29 is 29.0 Å². The molecule has 1 N–H and O–H groups in total. The minimum absolute atomic E-state index is 0.0975. The van der Waals surface area contributed by atoms with Crippen molar-refractivity contribution in [3.63, 3.8) is 0 Å². The second-order valence-electron chi connectivity index (χ2n) is 6.32. The van der Waals surface area contributed by atoms with Crippen molar-refractivity contribution in [2.75, 3.05) is 26.3 Å². The Morgan fingerprint density at radius 3 is 2.73 bits per heavy atom. The highest BCUT2D eigenvalue weighted by Crippen LogP contribution is 2.41. The zero-order chi connectivity index (χ0) is 18.7. The number of rotatable bonds is 4. The lowest BCUT2D eigenvalue weighted by Gasteiger charge is -2.36. The molecule has 0 unspecified atom stereocenters. The van der Waals surface area contributed by atoms with Gasteiger partial charge in [-0.3, -0.25) is 9.59 Å². The average molecular weight is 359 g/mol. The number of likely N-dealkylation sites (tertiary alicyclic amines) is 1. The van der Waals surface area contributed by atoms with Gasteiger partial charge in [0.05, 0.1) is 12.2 Å². The number of carbonyl (C=O) groups excluding carboxylic acids is 3. The Kier molecular flexibility index (Phi) is 5.08. The van der Waals surface area contributed by atoms with Gasteiger partial charge in [-0.2, -0.15) is 0 Å². The van der Waals surface area contributed by atoms with Crippen molar-refractivity contribution in [3.8, 4) is 5.75 Å². The van der Waals surface area contributed by atoms with E-state index in [-0.39, 0.29) is 11.9 Å². The summed E-state index contributed by atoms with van der Waals surface area (Å²) in [5, 5.41) is 8.76. The van der Waals surface area contributed by atoms with Gasteiger partial charge in [-0.15, -0.1) is 0 Å². The quantitative estimate of drug-likeness (QED) is 0.825. The molecule has 0 atom stereocenters. The van der Waals surface area contributed by atoms with Crippen LogP contribution in [0, 0.1) is 0 Å². The van der Waals surface area contributed by atoms with Crippen LogP contribution in [0.5, 0.6) is 5.75 Å². The van der Waals surface area contributed by atoms with E-state index in [2.05, 4.69) is 0 Å². The van der Waals surface area contributed by atoms with Crippen molar-refractivity contribution in [2.24, 2.45) is 0 Å². The summed E-state index contributed by atoms with van der Waals surface area (Å²) in [6.07, 6.45) is 3.28. The molecule has 2 aliphatic heterocycles. The van der Waals surface area contributed by atoms with Gasteiger partial charge in [0.15, 0.2) is 11.4 Å². The number of amides is 1. The zero-order valence-electron chi connectivity index (χ0n) is 14.6. The van der Waals surface area contributed by atoms with E-state index in [1.54, 1.807) is 36.1 Å². The summed E-state index contributed by atoms with van der Waals surface area (Å²) in [4.78, 5) is 37.5. The summed E-state index contributed by atoms with van der Waals surface area (Å²) in [7, 11) is 0. The molecule has 1 fully saturated rings. The first-order chi connectivity index (χ1) is 12.5. The first kappa shape index (κ1) is 18.1. The number of aliphatic hydroxyl groups is 1. The number of ether oxygens (including phenoxy) is 2. The van der Waals surface area contributed by atoms with E-state index in [0.29, 0.717) is 49.4 Å². The third-order valence-electron chi connectivity index (χ3n) is 4.68. The molecule has 2 aliphatic rings. The fourth-order valence-corrected chi connectivity index (χ4v) is 3.26. The maximum atomic E-state index is 12.9. The molecule has 7 heteroatoms. The number of fused-ring (bicyclic) bond motifs is 1. The minimum atomic E-state index is -0.936. The number of hydrogen-bond donors (Lipinski definition) is 1. The minimum Gasteiger partial charge on any atom is -0.478 e. The summed E-state index contributed by atoms with van der Waals surface area (Å²) in [6.45, 7) is 2.32. The molecule has 1 aromatic rings. The molecule has 0 aliphatic carbocycles. The monoisotopic (exact) mass is 359 g/mol. The Bertz CT molecular complexity index is 761. The molecule has 138 valence electrons. The molecule has 1 saturated heterocycles. The summed E-state index contributed by atoms with van der Waals surface area (Å²) < 4.78 is 11.0. The Labute approximate surface area is 151 Å². The summed E-state index contributed by atoms with van der Waals surface area (Å²) in [5.41, 5.74) is 0.228. The number of benzene rings is 1. The molecule has 2 heterocycles. The van der Waals surface area contributed by atoms with Crippen LogP contribution in [-0.4, -0.2) is 59.6 Å². The van der Waals surface area contributed by atoms with Gasteiger partial charge in [-0.25, -0.2) is 4.79 Å². The zero-order valence-corrected chi connectivity index (χ0v) is 14.6. The smallest absolute Gasteiger partial charge is 0.409 e. The normalized spacial score (nSPS) is 18.1. The Balaban J connectivity index is 1.73. The molecule has 0 saturated carbocycles. The number of Topliss-reactive ketones (excluding diaryl/α,β-unsaturated/α-hetero) is 1. The van der Waals surface area contributed by atoms with E-state index in [1.807, 2.05) is 0 Å². The van der Waals surface area contributed by atoms with Crippen LogP contribution in [0.1, 0.15) is 35.7 Å². The predicted molar refractivity (Wildman–Crippen MR) is 93.1 cm³/mol. The average Bonchev–Trinajstić information content (AvgIpc) is 2.92. The third-order valence-corrected chi connectivity index (χ3v) is 4.68. The van der Waals surface area contributed by atoms with Crippen LogP contribution in [0.3, 0.4) is 0 Å². The van der Waals surface area contributed by atoms with Gasteiger partial charge >= 0.3 is 6.09 Å². The van der Waals surface area contributed by atoms with E-state index in [4.69, 9.17) is 14.6 Å². The van der Waals surface area contributed by atoms with Crippen LogP contribution in [0.25, 0.3) is 6.08 Å². The van der Waals surface area contributed by atoms with E-state index >= 15 is 0 Å². The highest BCUT2D eigenvalue weighted by Gasteiger charge is 2.50. The lowest BCUT2D eigenvalue weighted by atomic mass is 9.85. The van der Waals surface area contributed by atoms with Gasteiger partial charge in [0.1, 0.15) is 12.4 Å². The van der Waals surface area contributed by atoms with Crippen LogP contribution in [0.4, 0.5) is 4.79 Å². The molecule has 3 rings (SSSR count). The van der Waals surface area contributed by atoms with Crippen molar-refractivity contribution in [1.29, 1.82) is 0 Å². The second kappa shape index (κ2) is 7.29. The van der Waals surface area contributed by atoms with E-state index < -0.39 is 18.0 Å². The SMILES string of the molecule is CCOC(=O)N1CCC2(CC1)Oc1ccc(/C=C/C(=O)CO)cc1C2=O. The Hall–Kier alpha value is -2.67. The van der Waals surface area contributed by atoms with E-state index in [9.17, 15) is 14.4 Å². The third kappa shape index (κ3) is 3.35. The van der Waals surface area contributed by atoms with Crippen LogP contribution in [0.15, 0.2) is 24.3 Å². The van der Waals surface area contributed by atoms with Gasteiger partial charge in [-0.05, 0) is 30.7 Å². The van der Waals surface area contributed by atoms with Crippen LogP contribution >= 0.6 is 0 Å². The molecule has 7 nitrogen and oxygen atoms in total. The Morgan fingerprint density at radius 2 is 2.08 bits per heavy atom. The summed E-state index contributed by atoms with van der Waals surface area (Å²) in [6, 6.07) is 5.15. The molecular weight excluding hydrogens is 338 g/mol. The highest BCUT2D eigenvalue weighted by molar-refractivity contribution is 6.08. The number of piperidine rings is 1. The molecule has 0 aromatic heterocycles. The van der Waals surface area contributed by atoms with Crippen molar-refractivity contribution in [2.45, 2.75) is 25.4 Å². The number of carbonyl (C=O) groups is 3. The summed E-state index contributed by atoms with van der Waals surface area (Å²) in [5.74, 6) is 0.0147. The van der Waals surface area contributed by atoms with Crippen LogP contribution in [-0.2, 0) is 9.53 Å². The topological polar surface area (TPSA) is 93.1 Å². The predicted octanol–water partition coefficient (Wildman–Crippen LogP) is 1.83. The van der Waals surface area contributed by atoms with Gasteiger partial charge < -0.3 is 19.5 Å². The maximum Gasteiger partial charge on any atom is 0.409 e. The fraction of sp³-hybridized carbons (Fsp3) is 0.421. The second-order valence-corrected chi connectivity index (χ2v) is 6.32. The van der Waals surface area contributed by atoms with Crippen LogP contribution < -0.4 is 4.74 Å². The van der Waals surface area contributed by atoms with Crippen molar-refractivity contribution in [3.05, 3.63) is 35.4 Å². The van der Waals surface area contributed by atoms with Gasteiger partial charge in [0.25, 0.3) is 0 Å². The number of aliphatic hydroxyl groups excluding tert-OH is 1. The van der Waals surface area contributed by atoms with Gasteiger partial charge in [0, 0.05) is 25.9 Å². The fourth-order valence-electron chi connectivity index (χ4n) is 3.26. The number of hydrogen-bond acceptors (Lipinski definition) is 6. The molecule has 0 bridgehead atoms. The van der Waals surface area contributed by atoms with Crippen LogP contribution in [0.2, 0.25) is 0 Å². The summed E-state index contributed by atoms with van der Waals surface area (Å²) >= 11 is 0. The van der Waals surface area contributed by atoms with E-state index in [1.165, 1.54) is 6.08 Å². The Morgan fingerprint density at radius 1 is 1.35 bits per heavy atom. The van der Waals surface area contributed by atoms with Crippen molar-refractivity contribution in [1.82, 2.24) is 4.90 Å². The molecular formula is C19H21NO6. The van der Waals surface area contributed by atoms with Crippen molar-refractivity contribution >= 4 is 23.7 Å². The van der Waals surface area contributed by atoms with Gasteiger partial charge in [0.2, 0.25) is 5.78 Å². The lowest BCUT2D eigenvalue weighted by Crippen LogP contribution is -2.52. The lowest BCUT2D eigenvalue weighted by molar-refractivity contribution is -0.117. The maximum absolute atomic E-state index is 12.9. The molecule has 26 heavy (non-hydrogen) atoms. The first-order valence-corrected chi connectivity index (χ1v) is 8.60. The number of nitrogens with zero attached hydrogens (tertiary/aromatic N) is 1. The molecule has 1 spiro atoms. The van der Waals surface area contributed by atoms with Gasteiger partial charge in [-0.1, -0.05) is 12.1 Å². The number of ketones is 2. The molecule has 1 amide bonds. The first-order valence-electron chi connectivity index (χ1n) is 8.60. The largest absolute Gasteiger partial charge is 0.478 e. The van der Waals surface area contributed by atoms with E-state index in [0.717, 1.165) is 0 Å². The standard InChI is InChI=1S/C19H21NO6/c1-2-25-18(24)20-9-7-19(8-10-20)17(23)15-11-13(3-5-14(22)12-21)4-6-16(15)26-19/h3-6,11,21H,2,7-10,12H2,1H3/b5-3+. The molecule has 0 radical (unpaired) electrons. The highest BCUT2D eigenvalue weighted by atomic mass is 16.6. The molecule has 1 aromatic carbocycles.